The highest BCUT2D eigenvalue weighted by molar-refractivity contribution is 7.93. The van der Waals surface area contributed by atoms with Gasteiger partial charge in [-0.15, -0.1) is 0 Å². The number of hydrogen-bond donors (Lipinski definition) is 1. The Labute approximate surface area is 125 Å². The summed E-state index contributed by atoms with van der Waals surface area (Å²) >= 11 is 0. The van der Waals surface area contributed by atoms with Gasteiger partial charge in [0, 0.05) is 31.9 Å². The lowest BCUT2D eigenvalue weighted by atomic mass is 10.1. The first-order valence-electron chi connectivity index (χ1n) is 6.58. The first kappa shape index (κ1) is 15.5. The zero-order valence-electron chi connectivity index (χ0n) is 11.9. The van der Waals surface area contributed by atoms with Crippen LogP contribution in [0.3, 0.4) is 0 Å². The standard InChI is InChI=1S/C14H18N4O2S/c1-17-6-8-18(9-7-17)13-4-2-12(3-5-13)10-14(11-15)21(16,19)20/h2-5,10H,6-9H2,1H3,(H2,16,19,20)/b14-10+. The average molecular weight is 306 g/mol. The Hall–Kier alpha value is -1.88. The molecule has 7 heteroatoms. The number of piperazine rings is 1. The molecule has 0 aliphatic carbocycles. The fourth-order valence-corrected chi connectivity index (χ4v) is 2.60. The molecule has 2 rings (SSSR count). The van der Waals surface area contributed by atoms with Crippen molar-refractivity contribution < 1.29 is 8.42 Å². The van der Waals surface area contributed by atoms with Crippen LogP contribution >= 0.6 is 0 Å². The van der Waals surface area contributed by atoms with Crippen LogP contribution in [0.25, 0.3) is 6.08 Å². The van der Waals surface area contributed by atoms with Crippen LogP contribution in [0.2, 0.25) is 0 Å². The number of rotatable bonds is 3. The first-order valence-corrected chi connectivity index (χ1v) is 8.13. The average Bonchev–Trinajstić information content (AvgIpc) is 2.45. The zero-order chi connectivity index (χ0) is 15.5. The molecule has 0 unspecified atom stereocenters. The summed E-state index contributed by atoms with van der Waals surface area (Å²) in [6.45, 7) is 3.97. The number of likely N-dealkylation sites (N-methyl/N-ethyl adjacent to an activating group) is 1. The predicted octanol–water partition coefficient (Wildman–Crippen LogP) is 0.591. The molecule has 1 aliphatic rings. The van der Waals surface area contributed by atoms with Gasteiger partial charge in [0.2, 0.25) is 10.0 Å². The van der Waals surface area contributed by atoms with Crippen LogP contribution in [0.5, 0.6) is 0 Å². The second-order valence-electron chi connectivity index (χ2n) is 5.05. The monoisotopic (exact) mass is 306 g/mol. The Morgan fingerprint density at radius 3 is 2.29 bits per heavy atom. The largest absolute Gasteiger partial charge is 0.369 e. The van der Waals surface area contributed by atoms with Crippen molar-refractivity contribution in [1.29, 1.82) is 5.26 Å². The Morgan fingerprint density at radius 2 is 1.81 bits per heavy atom. The van der Waals surface area contributed by atoms with Gasteiger partial charge in [0.05, 0.1) is 0 Å². The van der Waals surface area contributed by atoms with Crippen LogP contribution in [-0.2, 0) is 10.0 Å². The third-order valence-electron chi connectivity index (χ3n) is 3.48. The van der Waals surface area contributed by atoms with Gasteiger partial charge in [-0.25, -0.2) is 13.6 Å². The van der Waals surface area contributed by atoms with Crippen LogP contribution in [0.4, 0.5) is 5.69 Å². The van der Waals surface area contributed by atoms with E-state index in [0.717, 1.165) is 31.9 Å². The summed E-state index contributed by atoms with van der Waals surface area (Å²) in [6.07, 6.45) is 1.28. The maximum atomic E-state index is 11.2. The molecule has 0 saturated carbocycles. The molecule has 0 spiro atoms. The Kier molecular flexibility index (Phi) is 4.63. The summed E-state index contributed by atoms with van der Waals surface area (Å²) in [7, 11) is -1.87. The predicted molar refractivity (Wildman–Crippen MR) is 82.8 cm³/mol. The molecular weight excluding hydrogens is 288 g/mol. The van der Waals surface area contributed by atoms with Crippen LogP contribution in [0, 0.1) is 11.3 Å². The number of allylic oxidation sites excluding steroid dienone is 1. The maximum absolute atomic E-state index is 11.2. The summed E-state index contributed by atoms with van der Waals surface area (Å²) in [5, 5.41) is 13.8. The van der Waals surface area contributed by atoms with Gasteiger partial charge in [0.15, 0.2) is 4.91 Å². The lowest BCUT2D eigenvalue weighted by Gasteiger charge is -2.34. The summed E-state index contributed by atoms with van der Waals surface area (Å²) in [6, 6.07) is 9.03. The van der Waals surface area contributed by atoms with E-state index < -0.39 is 14.9 Å². The Balaban J connectivity index is 2.16. The molecule has 1 heterocycles. The van der Waals surface area contributed by atoms with Crippen LogP contribution < -0.4 is 10.0 Å². The smallest absolute Gasteiger partial charge is 0.248 e. The number of benzene rings is 1. The molecule has 1 aliphatic heterocycles. The van der Waals surface area contributed by atoms with E-state index in [1.165, 1.54) is 6.08 Å². The number of nitrogens with two attached hydrogens (primary N) is 1. The molecule has 1 saturated heterocycles. The van der Waals surface area contributed by atoms with Crippen LogP contribution in [-0.4, -0.2) is 46.5 Å². The van der Waals surface area contributed by atoms with Gasteiger partial charge in [0.1, 0.15) is 6.07 Å². The van der Waals surface area contributed by atoms with Crippen molar-refractivity contribution in [2.24, 2.45) is 5.14 Å². The number of nitrogens with zero attached hydrogens (tertiary/aromatic N) is 3. The van der Waals surface area contributed by atoms with E-state index in [1.807, 2.05) is 12.1 Å². The molecule has 2 N–H and O–H groups in total. The maximum Gasteiger partial charge on any atom is 0.248 e. The van der Waals surface area contributed by atoms with E-state index in [9.17, 15) is 8.42 Å². The molecule has 112 valence electrons. The molecule has 1 aromatic carbocycles. The van der Waals surface area contributed by atoms with Crippen molar-refractivity contribution in [2.75, 3.05) is 38.1 Å². The van der Waals surface area contributed by atoms with Gasteiger partial charge < -0.3 is 9.80 Å². The van der Waals surface area contributed by atoms with Crippen molar-refractivity contribution >= 4 is 21.8 Å². The lowest BCUT2D eigenvalue weighted by molar-refractivity contribution is 0.313. The second kappa shape index (κ2) is 6.26. The number of nitriles is 1. The fourth-order valence-electron chi connectivity index (χ4n) is 2.18. The topological polar surface area (TPSA) is 90.4 Å². The Bertz CT molecular complexity index is 666. The molecule has 1 fully saturated rings. The quantitative estimate of drug-likeness (QED) is 0.825. The van der Waals surface area contributed by atoms with Crippen LogP contribution in [0.15, 0.2) is 29.2 Å². The van der Waals surface area contributed by atoms with Crippen molar-refractivity contribution in [3.63, 3.8) is 0 Å². The number of sulfonamides is 1. The minimum absolute atomic E-state index is 0.435. The zero-order valence-corrected chi connectivity index (χ0v) is 12.7. The summed E-state index contributed by atoms with van der Waals surface area (Å²) in [5.41, 5.74) is 1.73. The first-order chi connectivity index (χ1) is 9.90. The molecule has 0 amide bonds. The lowest BCUT2D eigenvalue weighted by Crippen LogP contribution is -2.44. The van der Waals surface area contributed by atoms with Crippen LogP contribution in [0.1, 0.15) is 5.56 Å². The fraction of sp³-hybridized carbons (Fsp3) is 0.357. The van der Waals surface area contributed by atoms with E-state index in [4.69, 9.17) is 10.4 Å². The SMILES string of the molecule is CN1CCN(c2ccc(/C=C(\C#N)S(N)(=O)=O)cc2)CC1. The minimum atomic E-state index is -3.97. The number of hydrogen-bond acceptors (Lipinski definition) is 5. The molecular formula is C14H18N4O2S. The highest BCUT2D eigenvalue weighted by Crippen LogP contribution is 2.18. The van der Waals surface area contributed by atoms with E-state index in [2.05, 4.69) is 16.8 Å². The van der Waals surface area contributed by atoms with Gasteiger partial charge in [-0.3, -0.25) is 0 Å². The van der Waals surface area contributed by atoms with E-state index in [0.29, 0.717) is 5.56 Å². The van der Waals surface area contributed by atoms with Crippen molar-refractivity contribution in [3.05, 3.63) is 34.7 Å². The second-order valence-corrected chi connectivity index (χ2v) is 6.58. The molecule has 0 aromatic heterocycles. The van der Waals surface area contributed by atoms with E-state index >= 15 is 0 Å². The highest BCUT2D eigenvalue weighted by atomic mass is 32.2. The van der Waals surface area contributed by atoms with Gasteiger partial charge in [-0.05, 0) is 30.8 Å². The van der Waals surface area contributed by atoms with Crippen molar-refractivity contribution in [1.82, 2.24) is 4.90 Å². The number of primary sulfonamides is 1. The van der Waals surface area contributed by atoms with Crippen molar-refractivity contribution in [3.8, 4) is 6.07 Å². The van der Waals surface area contributed by atoms with Gasteiger partial charge in [-0.1, -0.05) is 12.1 Å². The number of anilines is 1. The summed E-state index contributed by atoms with van der Waals surface area (Å²) in [5.74, 6) is 0. The van der Waals surface area contributed by atoms with Crippen molar-refractivity contribution in [2.45, 2.75) is 0 Å². The normalized spacial score (nSPS) is 17.6. The third-order valence-corrected chi connectivity index (χ3v) is 4.30. The van der Waals surface area contributed by atoms with E-state index in [1.54, 1.807) is 18.2 Å². The van der Waals surface area contributed by atoms with Gasteiger partial charge >= 0.3 is 0 Å². The molecule has 6 nitrogen and oxygen atoms in total. The summed E-state index contributed by atoms with van der Waals surface area (Å²) < 4.78 is 22.4. The molecule has 0 radical (unpaired) electrons. The Morgan fingerprint density at radius 1 is 1.24 bits per heavy atom. The van der Waals surface area contributed by atoms with Gasteiger partial charge in [-0.2, -0.15) is 5.26 Å². The van der Waals surface area contributed by atoms with E-state index in [-0.39, 0.29) is 0 Å². The molecule has 1 aromatic rings. The molecule has 0 atom stereocenters. The minimum Gasteiger partial charge on any atom is -0.369 e. The van der Waals surface area contributed by atoms with Gasteiger partial charge in [0.25, 0.3) is 0 Å². The molecule has 21 heavy (non-hydrogen) atoms. The highest BCUT2D eigenvalue weighted by Gasteiger charge is 2.14. The molecule has 0 bridgehead atoms. The third kappa shape index (κ3) is 4.04. The summed E-state index contributed by atoms with van der Waals surface area (Å²) in [4.78, 5) is 4.12.